The molecule has 3 aromatic rings. The molecule has 1 N–H and O–H groups in total. The summed E-state index contributed by atoms with van der Waals surface area (Å²) in [5.74, 6) is -0.341. The molecular formula is C23H21N3O. The Morgan fingerprint density at radius 2 is 1.70 bits per heavy atom. The van der Waals surface area contributed by atoms with E-state index >= 15 is 0 Å². The van der Waals surface area contributed by atoms with E-state index in [1.54, 1.807) is 6.08 Å². The minimum absolute atomic E-state index is 0.102. The predicted octanol–water partition coefficient (Wildman–Crippen LogP) is 4.13. The Morgan fingerprint density at radius 1 is 1.00 bits per heavy atom. The number of nitrogens with zero attached hydrogens (tertiary/aromatic N) is 2. The van der Waals surface area contributed by atoms with Gasteiger partial charge in [-0.25, -0.2) is 0 Å². The Kier molecular flexibility index (Phi) is 6.21. The van der Waals surface area contributed by atoms with Gasteiger partial charge in [-0.05, 0) is 48.7 Å². The van der Waals surface area contributed by atoms with Crippen molar-refractivity contribution in [1.82, 2.24) is 9.88 Å². The number of carbonyl (C=O) groups excluding carboxylic acids is 1. The zero-order valence-electron chi connectivity index (χ0n) is 15.0. The lowest BCUT2D eigenvalue weighted by atomic mass is 10.1. The van der Waals surface area contributed by atoms with Crippen molar-refractivity contribution in [1.29, 1.82) is 5.26 Å². The minimum atomic E-state index is -0.341. The highest BCUT2D eigenvalue weighted by Crippen LogP contribution is 2.15. The number of aromatic nitrogens is 1. The average molecular weight is 355 g/mol. The van der Waals surface area contributed by atoms with Crippen molar-refractivity contribution in [3.05, 3.63) is 95.8 Å². The molecule has 4 heteroatoms. The molecule has 1 aromatic heterocycles. The van der Waals surface area contributed by atoms with Crippen molar-refractivity contribution >= 4 is 12.0 Å². The molecule has 0 saturated carbocycles. The van der Waals surface area contributed by atoms with Crippen LogP contribution >= 0.6 is 0 Å². The molecule has 0 fully saturated rings. The largest absolute Gasteiger partial charge is 0.351 e. The van der Waals surface area contributed by atoms with E-state index in [2.05, 4.69) is 17.4 Å². The Morgan fingerprint density at radius 3 is 2.41 bits per heavy atom. The highest BCUT2D eigenvalue weighted by atomic mass is 16.1. The molecule has 0 spiro atoms. The molecule has 1 heterocycles. The molecule has 0 atom stereocenters. The van der Waals surface area contributed by atoms with Gasteiger partial charge in [0, 0.05) is 24.1 Å². The van der Waals surface area contributed by atoms with E-state index in [4.69, 9.17) is 0 Å². The number of aryl methyl sites for hydroxylation is 1. The van der Waals surface area contributed by atoms with Gasteiger partial charge in [0.1, 0.15) is 11.6 Å². The zero-order chi connectivity index (χ0) is 18.9. The fourth-order valence-corrected chi connectivity index (χ4v) is 2.87. The normalized spacial score (nSPS) is 11.0. The Bertz CT molecular complexity index is 950. The van der Waals surface area contributed by atoms with E-state index in [1.807, 2.05) is 77.5 Å². The minimum Gasteiger partial charge on any atom is -0.351 e. The summed E-state index contributed by atoms with van der Waals surface area (Å²) in [5.41, 5.74) is 3.11. The molecule has 27 heavy (non-hydrogen) atoms. The van der Waals surface area contributed by atoms with Crippen LogP contribution in [-0.4, -0.2) is 17.0 Å². The van der Waals surface area contributed by atoms with Gasteiger partial charge in [-0.3, -0.25) is 4.79 Å². The SMILES string of the molecule is N#C/C(=C/c1cccn1-c1ccccc1)C(=O)NCCCc1ccccc1. The molecule has 0 unspecified atom stereocenters. The highest BCUT2D eigenvalue weighted by molar-refractivity contribution is 6.01. The maximum atomic E-state index is 12.3. The van der Waals surface area contributed by atoms with Crippen molar-refractivity contribution in [2.24, 2.45) is 0 Å². The van der Waals surface area contributed by atoms with Crippen LogP contribution in [0.2, 0.25) is 0 Å². The van der Waals surface area contributed by atoms with E-state index in [0.29, 0.717) is 6.54 Å². The first-order chi connectivity index (χ1) is 13.3. The summed E-state index contributed by atoms with van der Waals surface area (Å²) >= 11 is 0. The predicted molar refractivity (Wildman–Crippen MR) is 107 cm³/mol. The summed E-state index contributed by atoms with van der Waals surface area (Å²) in [6.45, 7) is 0.534. The summed E-state index contributed by atoms with van der Waals surface area (Å²) in [4.78, 5) is 12.3. The number of rotatable bonds is 7. The van der Waals surface area contributed by atoms with Crippen LogP contribution in [-0.2, 0) is 11.2 Å². The molecule has 4 nitrogen and oxygen atoms in total. The Labute approximate surface area is 159 Å². The van der Waals surface area contributed by atoms with Gasteiger partial charge in [0.15, 0.2) is 0 Å². The van der Waals surface area contributed by atoms with Crippen LogP contribution in [0, 0.1) is 11.3 Å². The van der Waals surface area contributed by atoms with Gasteiger partial charge in [0.2, 0.25) is 0 Å². The number of nitriles is 1. The number of nitrogens with one attached hydrogen (secondary N) is 1. The van der Waals surface area contributed by atoms with E-state index in [1.165, 1.54) is 5.56 Å². The molecule has 2 aromatic carbocycles. The third kappa shape index (κ3) is 4.96. The first kappa shape index (κ1) is 18.2. The van der Waals surface area contributed by atoms with Crippen LogP contribution in [0.4, 0.5) is 0 Å². The van der Waals surface area contributed by atoms with Gasteiger partial charge in [-0.1, -0.05) is 48.5 Å². The molecule has 0 bridgehead atoms. The van der Waals surface area contributed by atoms with Gasteiger partial charge in [0.25, 0.3) is 5.91 Å². The second-order valence-corrected chi connectivity index (χ2v) is 6.15. The van der Waals surface area contributed by atoms with Crippen molar-refractivity contribution in [3.8, 4) is 11.8 Å². The van der Waals surface area contributed by atoms with Crippen LogP contribution in [0.1, 0.15) is 17.7 Å². The first-order valence-electron chi connectivity index (χ1n) is 8.94. The van der Waals surface area contributed by atoms with E-state index in [-0.39, 0.29) is 11.5 Å². The Hall–Kier alpha value is -3.58. The molecular weight excluding hydrogens is 334 g/mol. The first-order valence-corrected chi connectivity index (χ1v) is 8.94. The van der Waals surface area contributed by atoms with E-state index in [9.17, 15) is 10.1 Å². The van der Waals surface area contributed by atoms with Crippen molar-refractivity contribution in [2.45, 2.75) is 12.8 Å². The number of hydrogen-bond acceptors (Lipinski definition) is 2. The Balaban J connectivity index is 1.62. The van der Waals surface area contributed by atoms with Crippen molar-refractivity contribution in [2.75, 3.05) is 6.54 Å². The van der Waals surface area contributed by atoms with Crippen LogP contribution in [0.15, 0.2) is 84.6 Å². The van der Waals surface area contributed by atoms with E-state index < -0.39 is 0 Å². The second kappa shape index (κ2) is 9.21. The smallest absolute Gasteiger partial charge is 0.262 e. The maximum Gasteiger partial charge on any atom is 0.262 e. The number of amides is 1. The van der Waals surface area contributed by atoms with Crippen molar-refractivity contribution < 1.29 is 4.79 Å². The van der Waals surface area contributed by atoms with Gasteiger partial charge in [-0.15, -0.1) is 0 Å². The number of hydrogen-bond donors (Lipinski definition) is 1. The molecule has 0 radical (unpaired) electrons. The van der Waals surface area contributed by atoms with Crippen LogP contribution in [0.25, 0.3) is 11.8 Å². The molecule has 134 valence electrons. The molecule has 0 aliphatic heterocycles. The molecule has 3 rings (SSSR count). The third-order valence-corrected chi connectivity index (χ3v) is 4.24. The summed E-state index contributed by atoms with van der Waals surface area (Å²) < 4.78 is 1.94. The highest BCUT2D eigenvalue weighted by Gasteiger charge is 2.10. The average Bonchev–Trinajstić information content (AvgIpc) is 3.19. The number of carbonyl (C=O) groups is 1. The van der Waals surface area contributed by atoms with Gasteiger partial charge in [-0.2, -0.15) is 5.26 Å². The van der Waals surface area contributed by atoms with Crippen LogP contribution in [0.3, 0.4) is 0 Å². The topological polar surface area (TPSA) is 57.8 Å². The quantitative estimate of drug-likeness (QED) is 0.393. The summed E-state index contributed by atoms with van der Waals surface area (Å²) in [5, 5.41) is 12.2. The van der Waals surface area contributed by atoms with Crippen LogP contribution < -0.4 is 5.32 Å². The lowest BCUT2D eigenvalue weighted by Crippen LogP contribution is -2.25. The molecule has 0 aliphatic rings. The molecule has 0 saturated heterocycles. The van der Waals surface area contributed by atoms with Gasteiger partial charge in [0.05, 0.1) is 0 Å². The third-order valence-electron chi connectivity index (χ3n) is 4.24. The summed E-state index contributed by atoms with van der Waals surface area (Å²) in [7, 11) is 0. The lowest BCUT2D eigenvalue weighted by Gasteiger charge is -2.07. The van der Waals surface area contributed by atoms with Gasteiger partial charge >= 0.3 is 0 Å². The van der Waals surface area contributed by atoms with Crippen molar-refractivity contribution in [3.63, 3.8) is 0 Å². The standard InChI is InChI=1S/C23H21N3O/c24-18-20(23(27)25-15-7-11-19-9-3-1-4-10-19)17-22-14-8-16-26(22)21-12-5-2-6-13-21/h1-6,8-10,12-14,16-17H,7,11,15H2,(H,25,27)/b20-17-. The maximum absolute atomic E-state index is 12.3. The number of para-hydroxylation sites is 1. The fourth-order valence-electron chi connectivity index (χ4n) is 2.87. The monoisotopic (exact) mass is 355 g/mol. The fraction of sp³-hybridized carbons (Fsp3) is 0.130. The van der Waals surface area contributed by atoms with E-state index in [0.717, 1.165) is 24.2 Å². The van der Waals surface area contributed by atoms with Gasteiger partial charge < -0.3 is 9.88 Å². The second-order valence-electron chi connectivity index (χ2n) is 6.15. The molecule has 1 amide bonds. The zero-order valence-corrected chi connectivity index (χ0v) is 15.0. The lowest BCUT2D eigenvalue weighted by molar-refractivity contribution is -0.117. The summed E-state index contributed by atoms with van der Waals surface area (Å²) in [6, 6.07) is 25.7. The van der Waals surface area contributed by atoms with Crippen LogP contribution in [0.5, 0.6) is 0 Å². The summed E-state index contributed by atoms with van der Waals surface area (Å²) in [6.07, 6.45) is 5.26. The molecule has 0 aliphatic carbocycles. The number of benzene rings is 2.